The molecule has 0 amide bonds. The van der Waals surface area contributed by atoms with Crippen LogP contribution in [0.1, 0.15) is 31.4 Å². The first-order valence-corrected chi connectivity index (χ1v) is 6.26. The largest absolute Gasteiger partial charge is 0.261 e. The van der Waals surface area contributed by atoms with E-state index in [1.54, 1.807) is 0 Å². The molecule has 1 saturated carbocycles. The Balaban J connectivity index is 1.96. The Morgan fingerprint density at radius 1 is 1.06 bits per heavy atom. The van der Waals surface area contributed by atoms with Crippen LogP contribution in [0.5, 0.6) is 0 Å². The molecule has 1 aliphatic rings. The fraction of sp³-hybridized carbons (Fsp3) is 0.400. The van der Waals surface area contributed by atoms with E-state index < -0.39 is 0 Å². The molecule has 2 aromatic rings. The molecule has 16 heavy (non-hydrogen) atoms. The molecule has 82 valence electrons. The van der Waals surface area contributed by atoms with Gasteiger partial charge in [0.05, 0.1) is 0 Å². The van der Waals surface area contributed by atoms with Gasteiger partial charge in [0, 0.05) is 17.3 Å². The second-order valence-electron chi connectivity index (χ2n) is 4.83. The average molecular weight is 211 g/mol. The van der Waals surface area contributed by atoms with Gasteiger partial charge in [-0.1, -0.05) is 49.9 Å². The first kappa shape index (κ1) is 9.83. The number of fused-ring (bicyclic) bond motifs is 1. The lowest BCUT2D eigenvalue weighted by molar-refractivity contribution is 0.541. The molecule has 1 heteroatoms. The lowest BCUT2D eigenvalue weighted by Gasteiger charge is -2.10. The predicted molar refractivity (Wildman–Crippen MR) is 67.4 cm³/mol. The predicted octanol–water partition coefficient (Wildman–Crippen LogP) is 3.97. The fourth-order valence-electron chi connectivity index (χ4n) is 2.83. The SMILES string of the molecule is c1ccc2c(CC3CCCC3)nccc2c1. The molecule has 1 aliphatic carbocycles. The van der Waals surface area contributed by atoms with Crippen LogP contribution in [0.15, 0.2) is 36.5 Å². The second-order valence-corrected chi connectivity index (χ2v) is 4.83. The molecule has 1 heterocycles. The maximum Gasteiger partial charge on any atom is 0.0484 e. The summed E-state index contributed by atoms with van der Waals surface area (Å²) in [7, 11) is 0. The zero-order chi connectivity index (χ0) is 10.8. The van der Waals surface area contributed by atoms with E-state index in [9.17, 15) is 0 Å². The average Bonchev–Trinajstić information content (AvgIpc) is 2.82. The Morgan fingerprint density at radius 2 is 1.88 bits per heavy atom. The van der Waals surface area contributed by atoms with Crippen LogP contribution in [-0.4, -0.2) is 4.98 Å². The van der Waals surface area contributed by atoms with E-state index in [0.29, 0.717) is 0 Å². The highest BCUT2D eigenvalue weighted by Crippen LogP contribution is 2.29. The van der Waals surface area contributed by atoms with Gasteiger partial charge >= 0.3 is 0 Å². The minimum Gasteiger partial charge on any atom is -0.261 e. The zero-order valence-electron chi connectivity index (χ0n) is 9.52. The van der Waals surface area contributed by atoms with Crippen LogP contribution in [0.3, 0.4) is 0 Å². The van der Waals surface area contributed by atoms with Gasteiger partial charge in [0.2, 0.25) is 0 Å². The van der Waals surface area contributed by atoms with Crippen LogP contribution in [0.2, 0.25) is 0 Å². The molecule has 1 nitrogen and oxygen atoms in total. The Bertz CT molecular complexity index is 478. The Hall–Kier alpha value is -1.37. The molecule has 1 fully saturated rings. The highest BCUT2D eigenvalue weighted by Gasteiger charge is 2.16. The minimum absolute atomic E-state index is 0.873. The van der Waals surface area contributed by atoms with Crippen molar-refractivity contribution in [2.24, 2.45) is 5.92 Å². The van der Waals surface area contributed by atoms with Crippen molar-refractivity contribution in [1.29, 1.82) is 0 Å². The summed E-state index contributed by atoms with van der Waals surface area (Å²) in [5.74, 6) is 0.873. The van der Waals surface area contributed by atoms with Crippen LogP contribution < -0.4 is 0 Å². The Morgan fingerprint density at radius 3 is 2.75 bits per heavy atom. The summed E-state index contributed by atoms with van der Waals surface area (Å²) in [6, 6.07) is 10.7. The summed E-state index contributed by atoms with van der Waals surface area (Å²) in [6.07, 6.45) is 8.73. The van der Waals surface area contributed by atoms with E-state index in [-0.39, 0.29) is 0 Å². The molecule has 0 bridgehead atoms. The molecule has 0 aliphatic heterocycles. The minimum atomic E-state index is 0.873. The van der Waals surface area contributed by atoms with Crippen LogP contribution >= 0.6 is 0 Å². The molecule has 1 aromatic heterocycles. The highest BCUT2D eigenvalue weighted by atomic mass is 14.7. The summed E-state index contributed by atoms with van der Waals surface area (Å²) < 4.78 is 0. The summed E-state index contributed by atoms with van der Waals surface area (Å²) in [4.78, 5) is 4.57. The van der Waals surface area contributed by atoms with Crippen LogP contribution in [0.4, 0.5) is 0 Å². The van der Waals surface area contributed by atoms with Crippen molar-refractivity contribution in [2.45, 2.75) is 32.1 Å². The van der Waals surface area contributed by atoms with Gasteiger partial charge < -0.3 is 0 Å². The molecule has 0 spiro atoms. The monoisotopic (exact) mass is 211 g/mol. The molecule has 0 N–H and O–H groups in total. The molecular formula is C15H17N. The quantitative estimate of drug-likeness (QED) is 0.732. The third-order valence-electron chi connectivity index (χ3n) is 3.71. The van der Waals surface area contributed by atoms with Crippen LogP contribution in [-0.2, 0) is 6.42 Å². The van der Waals surface area contributed by atoms with Gasteiger partial charge in [0.15, 0.2) is 0 Å². The number of hydrogen-bond acceptors (Lipinski definition) is 1. The van der Waals surface area contributed by atoms with E-state index >= 15 is 0 Å². The molecular weight excluding hydrogens is 194 g/mol. The van der Waals surface area contributed by atoms with E-state index in [4.69, 9.17) is 0 Å². The maximum atomic E-state index is 4.57. The Labute approximate surface area is 96.5 Å². The standard InChI is InChI=1S/C15H17N/c1-2-6-12(5-1)11-15-14-8-4-3-7-13(14)9-10-16-15/h3-4,7-10,12H,1-2,5-6,11H2. The third-order valence-corrected chi connectivity index (χ3v) is 3.71. The van der Waals surface area contributed by atoms with E-state index in [0.717, 1.165) is 5.92 Å². The van der Waals surface area contributed by atoms with E-state index in [1.807, 2.05) is 6.20 Å². The number of aromatic nitrogens is 1. The highest BCUT2D eigenvalue weighted by molar-refractivity contribution is 5.84. The van der Waals surface area contributed by atoms with Gasteiger partial charge in [0.1, 0.15) is 0 Å². The number of hydrogen-bond donors (Lipinski definition) is 0. The summed E-state index contributed by atoms with van der Waals surface area (Å²) in [5.41, 5.74) is 1.30. The topological polar surface area (TPSA) is 12.9 Å². The molecule has 0 saturated heterocycles. The normalized spacial score (nSPS) is 17.0. The van der Waals surface area contributed by atoms with Gasteiger partial charge in [-0.3, -0.25) is 4.98 Å². The number of benzene rings is 1. The van der Waals surface area contributed by atoms with Crippen molar-refractivity contribution in [1.82, 2.24) is 4.98 Å². The number of rotatable bonds is 2. The molecule has 0 unspecified atom stereocenters. The van der Waals surface area contributed by atoms with E-state index in [2.05, 4.69) is 35.3 Å². The van der Waals surface area contributed by atoms with Crippen molar-refractivity contribution in [3.8, 4) is 0 Å². The molecule has 0 atom stereocenters. The number of pyridine rings is 1. The summed E-state index contributed by atoms with van der Waals surface area (Å²) in [5, 5.41) is 2.67. The first-order chi connectivity index (χ1) is 7.93. The first-order valence-electron chi connectivity index (χ1n) is 6.26. The van der Waals surface area contributed by atoms with Crippen molar-refractivity contribution >= 4 is 10.8 Å². The van der Waals surface area contributed by atoms with Gasteiger partial charge in [-0.2, -0.15) is 0 Å². The van der Waals surface area contributed by atoms with Crippen LogP contribution in [0, 0.1) is 5.92 Å². The van der Waals surface area contributed by atoms with Crippen molar-refractivity contribution < 1.29 is 0 Å². The van der Waals surface area contributed by atoms with Gasteiger partial charge in [-0.25, -0.2) is 0 Å². The van der Waals surface area contributed by atoms with Crippen LogP contribution in [0.25, 0.3) is 10.8 Å². The van der Waals surface area contributed by atoms with Crippen molar-refractivity contribution in [3.05, 3.63) is 42.2 Å². The lowest BCUT2D eigenvalue weighted by atomic mass is 9.98. The molecule has 1 aromatic carbocycles. The zero-order valence-corrected chi connectivity index (χ0v) is 9.52. The fourth-order valence-corrected chi connectivity index (χ4v) is 2.83. The summed E-state index contributed by atoms with van der Waals surface area (Å²) in [6.45, 7) is 0. The molecule has 0 radical (unpaired) electrons. The van der Waals surface area contributed by atoms with Crippen molar-refractivity contribution in [3.63, 3.8) is 0 Å². The summed E-state index contributed by atoms with van der Waals surface area (Å²) >= 11 is 0. The molecule has 3 rings (SSSR count). The Kier molecular flexibility index (Phi) is 2.61. The second kappa shape index (κ2) is 4.25. The van der Waals surface area contributed by atoms with E-state index in [1.165, 1.54) is 48.6 Å². The van der Waals surface area contributed by atoms with Crippen molar-refractivity contribution in [2.75, 3.05) is 0 Å². The van der Waals surface area contributed by atoms with Gasteiger partial charge in [0.25, 0.3) is 0 Å². The lowest BCUT2D eigenvalue weighted by Crippen LogP contribution is -2.01. The maximum absolute atomic E-state index is 4.57. The number of nitrogens with zero attached hydrogens (tertiary/aromatic N) is 1. The smallest absolute Gasteiger partial charge is 0.0484 e. The van der Waals surface area contributed by atoms with Gasteiger partial charge in [-0.15, -0.1) is 0 Å². The third kappa shape index (κ3) is 1.82. The van der Waals surface area contributed by atoms with Gasteiger partial charge in [-0.05, 0) is 23.8 Å².